The normalized spacial score (nSPS) is 16.6. The van der Waals surface area contributed by atoms with E-state index in [1.54, 1.807) is 37.3 Å². The van der Waals surface area contributed by atoms with Crippen LogP contribution < -0.4 is 10.2 Å². The third-order valence-electron chi connectivity index (χ3n) is 4.33. The molecular weight excluding hydrogens is 358 g/mol. The summed E-state index contributed by atoms with van der Waals surface area (Å²) in [6.07, 6.45) is 0.0605. The van der Waals surface area contributed by atoms with Gasteiger partial charge < -0.3 is 10.2 Å². The van der Waals surface area contributed by atoms with Crippen LogP contribution in [0.5, 0.6) is 0 Å². The van der Waals surface area contributed by atoms with Crippen molar-refractivity contribution < 1.29 is 14.5 Å². The van der Waals surface area contributed by atoms with Crippen molar-refractivity contribution in [2.75, 3.05) is 16.8 Å². The Kier molecular flexibility index (Phi) is 4.90. The minimum atomic E-state index is -0.558. The number of anilines is 2. The molecule has 1 heterocycles. The molecule has 0 saturated carbocycles. The number of carbonyl (C=O) groups is 2. The Morgan fingerprint density at radius 3 is 2.73 bits per heavy atom. The molecule has 3 rings (SSSR count). The highest BCUT2D eigenvalue weighted by Gasteiger charge is 2.36. The van der Waals surface area contributed by atoms with Gasteiger partial charge in [0.25, 0.3) is 5.69 Å². The number of hydrogen-bond donors (Lipinski definition) is 1. The van der Waals surface area contributed by atoms with Gasteiger partial charge in [0.1, 0.15) is 0 Å². The van der Waals surface area contributed by atoms with Crippen LogP contribution in [0.25, 0.3) is 0 Å². The average Bonchev–Trinajstić information content (AvgIpc) is 2.99. The van der Waals surface area contributed by atoms with Gasteiger partial charge in [0, 0.05) is 25.1 Å². The Morgan fingerprint density at radius 2 is 2.04 bits per heavy atom. The molecule has 1 unspecified atom stereocenters. The molecule has 1 fully saturated rings. The minimum Gasteiger partial charge on any atom is -0.325 e. The molecule has 1 aliphatic heterocycles. The van der Waals surface area contributed by atoms with Crippen LogP contribution in [0.15, 0.2) is 42.5 Å². The zero-order valence-corrected chi connectivity index (χ0v) is 14.7. The summed E-state index contributed by atoms with van der Waals surface area (Å²) in [5.74, 6) is -1.09. The SMILES string of the molecule is Cc1ccc([N+](=O)[O-])cc1NC(=O)C1CC(=O)N(c2ccccc2Cl)C1. The lowest BCUT2D eigenvalue weighted by Crippen LogP contribution is -2.28. The predicted molar refractivity (Wildman–Crippen MR) is 98.4 cm³/mol. The van der Waals surface area contributed by atoms with E-state index in [2.05, 4.69) is 5.32 Å². The van der Waals surface area contributed by atoms with Crippen LogP contribution in [-0.2, 0) is 9.59 Å². The van der Waals surface area contributed by atoms with Crippen molar-refractivity contribution in [2.45, 2.75) is 13.3 Å². The summed E-state index contributed by atoms with van der Waals surface area (Å²) in [7, 11) is 0. The number of benzene rings is 2. The smallest absolute Gasteiger partial charge is 0.271 e. The second-order valence-electron chi connectivity index (χ2n) is 6.10. The van der Waals surface area contributed by atoms with Crippen molar-refractivity contribution in [1.82, 2.24) is 0 Å². The van der Waals surface area contributed by atoms with Crippen molar-refractivity contribution in [3.8, 4) is 0 Å². The molecule has 1 aliphatic rings. The van der Waals surface area contributed by atoms with E-state index in [1.165, 1.54) is 17.0 Å². The quantitative estimate of drug-likeness (QED) is 0.655. The predicted octanol–water partition coefficient (Wildman–Crippen LogP) is 3.55. The number of amides is 2. The summed E-state index contributed by atoms with van der Waals surface area (Å²) < 4.78 is 0. The molecule has 1 atom stereocenters. The van der Waals surface area contributed by atoms with Gasteiger partial charge in [-0.1, -0.05) is 29.8 Å². The lowest BCUT2D eigenvalue weighted by atomic mass is 10.1. The fourth-order valence-corrected chi connectivity index (χ4v) is 3.12. The first-order valence-corrected chi connectivity index (χ1v) is 8.35. The van der Waals surface area contributed by atoms with Crippen LogP contribution in [0.4, 0.5) is 17.1 Å². The topological polar surface area (TPSA) is 92.5 Å². The first-order chi connectivity index (χ1) is 12.4. The number of nitro groups is 1. The molecule has 7 nitrogen and oxygen atoms in total. The third-order valence-corrected chi connectivity index (χ3v) is 4.65. The number of aryl methyl sites for hydroxylation is 1. The fourth-order valence-electron chi connectivity index (χ4n) is 2.88. The van der Waals surface area contributed by atoms with Crippen molar-refractivity contribution in [3.63, 3.8) is 0 Å². The van der Waals surface area contributed by atoms with Gasteiger partial charge in [-0.2, -0.15) is 0 Å². The van der Waals surface area contributed by atoms with Gasteiger partial charge in [-0.15, -0.1) is 0 Å². The first kappa shape index (κ1) is 17.9. The molecule has 1 saturated heterocycles. The number of non-ortho nitro benzene ring substituents is 1. The van der Waals surface area contributed by atoms with E-state index >= 15 is 0 Å². The van der Waals surface area contributed by atoms with E-state index in [4.69, 9.17) is 11.6 Å². The van der Waals surface area contributed by atoms with Gasteiger partial charge in [0.05, 0.1) is 27.2 Å². The molecule has 0 radical (unpaired) electrons. The number of hydrogen-bond acceptors (Lipinski definition) is 4. The summed E-state index contributed by atoms with van der Waals surface area (Å²) in [4.78, 5) is 36.7. The lowest BCUT2D eigenvalue weighted by molar-refractivity contribution is -0.384. The zero-order valence-electron chi connectivity index (χ0n) is 13.9. The Balaban J connectivity index is 1.76. The Hall–Kier alpha value is -2.93. The first-order valence-electron chi connectivity index (χ1n) is 7.97. The highest BCUT2D eigenvalue weighted by Crippen LogP contribution is 2.32. The van der Waals surface area contributed by atoms with E-state index in [0.717, 1.165) is 0 Å². The van der Waals surface area contributed by atoms with Gasteiger partial charge in [-0.05, 0) is 24.6 Å². The molecule has 2 amide bonds. The number of nitro benzene ring substituents is 1. The van der Waals surface area contributed by atoms with Crippen molar-refractivity contribution in [1.29, 1.82) is 0 Å². The molecule has 0 aromatic heterocycles. The largest absolute Gasteiger partial charge is 0.325 e. The number of carbonyl (C=O) groups excluding carboxylic acids is 2. The van der Waals surface area contributed by atoms with Crippen LogP contribution >= 0.6 is 11.6 Å². The molecular formula is C18H16ClN3O4. The second-order valence-corrected chi connectivity index (χ2v) is 6.51. The molecule has 0 aliphatic carbocycles. The number of para-hydroxylation sites is 1. The van der Waals surface area contributed by atoms with Crippen molar-refractivity contribution >= 4 is 40.5 Å². The Bertz CT molecular complexity index is 900. The maximum absolute atomic E-state index is 12.6. The van der Waals surface area contributed by atoms with Gasteiger partial charge >= 0.3 is 0 Å². The second kappa shape index (κ2) is 7.13. The van der Waals surface area contributed by atoms with E-state index in [0.29, 0.717) is 22.0 Å². The van der Waals surface area contributed by atoms with E-state index in [-0.39, 0.29) is 30.5 Å². The molecule has 2 aromatic carbocycles. The minimum absolute atomic E-state index is 0.0605. The van der Waals surface area contributed by atoms with Crippen LogP contribution in [0.3, 0.4) is 0 Å². The summed E-state index contributed by atoms with van der Waals surface area (Å²) in [6.45, 7) is 1.96. The van der Waals surface area contributed by atoms with Crippen molar-refractivity contribution in [2.24, 2.45) is 5.92 Å². The van der Waals surface area contributed by atoms with Crippen molar-refractivity contribution in [3.05, 3.63) is 63.2 Å². The van der Waals surface area contributed by atoms with Crippen LogP contribution in [0, 0.1) is 23.0 Å². The maximum atomic E-state index is 12.6. The van der Waals surface area contributed by atoms with E-state index in [1.807, 2.05) is 0 Å². The summed E-state index contributed by atoms with van der Waals surface area (Å²) >= 11 is 6.14. The third kappa shape index (κ3) is 3.52. The highest BCUT2D eigenvalue weighted by molar-refractivity contribution is 6.33. The highest BCUT2D eigenvalue weighted by atomic mass is 35.5. The molecule has 134 valence electrons. The van der Waals surface area contributed by atoms with Gasteiger partial charge in [-0.25, -0.2) is 0 Å². The Labute approximate surface area is 154 Å². The summed E-state index contributed by atoms with van der Waals surface area (Å²) in [5.41, 5.74) is 1.54. The standard InChI is InChI=1S/C18H16ClN3O4/c1-11-6-7-13(22(25)26)9-15(11)20-18(24)12-8-17(23)21(10-12)16-5-3-2-4-14(16)19/h2-7,9,12H,8,10H2,1H3,(H,20,24). The van der Waals surface area contributed by atoms with Gasteiger partial charge in [-0.3, -0.25) is 19.7 Å². The average molecular weight is 374 g/mol. The lowest BCUT2D eigenvalue weighted by Gasteiger charge is -2.18. The van der Waals surface area contributed by atoms with Gasteiger partial charge in [0.2, 0.25) is 11.8 Å². The zero-order chi connectivity index (χ0) is 18.8. The molecule has 8 heteroatoms. The number of rotatable bonds is 4. The van der Waals surface area contributed by atoms with Crippen LogP contribution in [0.1, 0.15) is 12.0 Å². The summed E-state index contributed by atoms with van der Waals surface area (Å²) in [5, 5.41) is 14.1. The Morgan fingerprint density at radius 1 is 1.31 bits per heavy atom. The number of halogens is 1. The fraction of sp³-hybridized carbons (Fsp3) is 0.222. The molecule has 26 heavy (non-hydrogen) atoms. The van der Waals surface area contributed by atoms with Crippen LogP contribution in [-0.4, -0.2) is 23.3 Å². The van der Waals surface area contributed by atoms with E-state index in [9.17, 15) is 19.7 Å². The number of nitrogens with one attached hydrogen (secondary N) is 1. The monoisotopic (exact) mass is 373 g/mol. The molecule has 1 N–H and O–H groups in total. The number of nitrogens with zero attached hydrogens (tertiary/aromatic N) is 2. The van der Waals surface area contributed by atoms with Gasteiger partial charge in [0.15, 0.2) is 0 Å². The van der Waals surface area contributed by atoms with E-state index < -0.39 is 10.8 Å². The molecule has 2 aromatic rings. The summed E-state index contributed by atoms with van der Waals surface area (Å²) in [6, 6.07) is 11.2. The molecule has 0 bridgehead atoms. The maximum Gasteiger partial charge on any atom is 0.271 e. The molecule has 0 spiro atoms. The van der Waals surface area contributed by atoms with Crippen LogP contribution in [0.2, 0.25) is 5.02 Å².